The molecule has 0 radical (unpaired) electrons. The molecule has 1 aromatic heterocycles. The topological polar surface area (TPSA) is 68.5 Å². The molecule has 2 heterocycles. The van der Waals surface area contributed by atoms with Crippen LogP contribution in [0.4, 0.5) is 5.69 Å². The highest BCUT2D eigenvalue weighted by molar-refractivity contribution is 5.88. The summed E-state index contributed by atoms with van der Waals surface area (Å²) in [6.07, 6.45) is 2.46. The Bertz CT molecular complexity index is 670. The van der Waals surface area contributed by atoms with Gasteiger partial charge in [0.25, 0.3) is 0 Å². The highest BCUT2D eigenvalue weighted by Gasteiger charge is 2.22. The fourth-order valence-electron chi connectivity index (χ4n) is 2.82. The predicted octanol–water partition coefficient (Wildman–Crippen LogP) is 1.76. The molecule has 5 heteroatoms. The zero-order chi connectivity index (χ0) is 15.5. The Morgan fingerprint density at radius 3 is 2.91 bits per heavy atom. The summed E-state index contributed by atoms with van der Waals surface area (Å²) in [5, 5.41) is 0. The van der Waals surface area contributed by atoms with E-state index >= 15 is 0 Å². The molecule has 1 aliphatic heterocycles. The monoisotopic (exact) mass is 297 g/mol. The number of aromatic nitrogens is 1. The quantitative estimate of drug-likeness (QED) is 0.874. The number of rotatable bonds is 3. The number of ether oxygens (including phenoxy) is 1. The number of fused-ring (bicyclic) bond motifs is 1. The Hall–Kier alpha value is -2.40. The van der Waals surface area contributed by atoms with E-state index in [9.17, 15) is 4.79 Å². The van der Waals surface area contributed by atoms with Crippen LogP contribution in [0.25, 0.3) is 0 Å². The molecular formula is C17H19N3O2. The van der Waals surface area contributed by atoms with Crippen molar-refractivity contribution in [2.75, 3.05) is 18.6 Å². The minimum atomic E-state index is -0.371. The molecule has 22 heavy (non-hydrogen) atoms. The third kappa shape index (κ3) is 2.94. The summed E-state index contributed by atoms with van der Waals surface area (Å²) >= 11 is 0. The largest absolute Gasteiger partial charge is 0.465 e. The van der Waals surface area contributed by atoms with Crippen molar-refractivity contribution in [1.82, 2.24) is 4.98 Å². The van der Waals surface area contributed by atoms with Crippen LogP contribution in [0.1, 0.15) is 21.6 Å². The number of hydrogen-bond acceptors (Lipinski definition) is 5. The number of carbonyl (C=O) groups excluding carboxylic acids is 1. The summed E-state index contributed by atoms with van der Waals surface area (Å²) in [6.45, 7) is 1.48. The van der Waals surface area contributed by atoms with Gasteiger partial charge in [0.2, 0.25) is 0 Å². The van der Waals surface area contributed by atoms with Gasteiger partial charge in [0, 0.05) is 24.5 Å². The predicted molar refractivity (Wildman–Crippen MR) is 84.7 cm³/mol. The van der Waals surface area contributed by atoms with E-state index in [1.165, 1.54) is 18.4 Å². The second-order valence-corrected chi connectivity index (χ2v) is 5.50. The summed E-state index contributed by atoms with van der Waals surface area (Å²) < 4.78 is 4.68. The molecule has 1 aromatic carbocycles. The van der Waals surface area contributed by atoms with E-state index in [2.05, 4.69) is 26.8 Å². The van der Waals surface area contributed by atoms with Crippen molar-refractivity contribution in [1.29, 1.82) is 0 Å². The normalized spacial score (nSPS) is 17.0. The Labute approximate surface area is 129 Å². The maximum Gasteiger partial charge on any atom is 0.339 e. The molecule has 0 bridgehead atoms. The smallest absolute Gasteiger partial charge is 0.339 e. The fourth-order valence-corrected chi connectivity index (χ4v) is 2.82. The third-order valence-electron chi connectivity index (χ3n) is 3.87. The first-order valence-corrected chi connectivity index (χ1v) is 7.29. The molecule has 0 spiro atoms. The number of nitrogens with zero attached hydrogens (tertiary/aromatic N) is 2. The third-order valence-corrected chi connectivity index (χ3v) is 3.87. The van der Waals surface area contributed by atoms with E-state index in [0.717, 1.165) is 18.7 Å². The van der Waals surface area contributed by atoms with Gasteiger partial charge in [0.1, 0.15) is 0 Å². The van der Waals surface area contributed by atoms with E-state index in [1.807, 2.05) is 18.2 Å². The minimum Gasteiger partial charge on any atom is -0.465 e. The molecule has 0 saturated carbocycles. The average molecular weight is 297 g/mol. The summed E-state index contributed by atoms with van der Waals surface area (Å²) in [5.41, 5.74) is 9.99. The summed E-state index contributed by atoms with van der Waals surface area (Å²) in [4.78, 5) is 18.0. The number of hydrogen-bond donors (Lipinski definition) is 1. The molecule has 0 aliphatic carbocycles. The van der Waals surface area contributed by atoms with Gasteiger partial charge in [-0.1, -0.05) is 18.2 Å². The number of carbonyl (C=O) groups is 1. The zero-order valence-corrected chi connectivity index (χ0v) is 12.5. The lowest BCUT2D eigenvalue weighted by atomic mass is 9.98. The Kier molecular flexibility index (Phi) is 4.06. The number of benzene rings is 1. The number of anilines is 1. The van der Waals surface area contributed by atoms with Crippen molar-refractivity contribution < 1.29 is 9.53 Å². The standard InChI is InChI=1S/C17H19N3O2/c1-22-17(21)13-6-7-15(19-9-13)11-20-10-14(18)8-12-4-2-3-5-16(12)20/h2-7,9,14H,8,10-11,18H2,1H3. The molecule has 1 atom stereocenters. The molecule has 3 rings (SSSR count). The number of nitrogens with two attached hydrogens (primary N) is 1. The van der Waals surface area contributed by atoms with Crippen LogP contribution in [0.3, 0.4) is 0 Å². The van der Waals surface area contributed by atoms with E-state index in [0.29, 0.717) is 12.1 Å². The molecule has 1 unspecified atom stereocenters. The summed E-state index contributed by atoms with van der Waals surface area (Å²) in [6, 6.07) is 12.0. The average Bonchev–Trinajstić information content (AvgIpc) is 2.54. The molecule has 1 aliphatic rings. The van der Waals surface area contributed by atoms with Crippen LogP contribution >= 0.6 is 0 Å². The van der Waals surface area contributed by atoms with Gasteiger partial charge >= 0.3 is 5.97 Å². The van der Waals surface area contributed by atoms with Crippen molar-refractivity contribution in [3.05, 3.63) is 59.4 Å². The maximum absolute atomic E-state index is 11.4. The van der Waals surface area contributed by atoms with E-state index in [1.54, 1.807) is 12.3 Å². The molecule has 2 aromatic rings. The van der Waals surface area contributed by atoms with Gasteiger partial charge in [-0.15, -0.1) is 0 Å². The number of pyridine rings is 1. The second kappa shape index (κ2) is 6.15. The van der Waals surface area contributed by atoms with Crippen LogP contribution in [-0.4, -0.2) is 30.6 Å². The van der Waals surface area contributed by atoms with E-state index in [-0.39, 0.29) is 12.0 Å². The first-order valence-electron chi connectivity index (χ1n) is 7.29. The Balaban J connectivity index is 1.80. The highest BCUT2D eigenvalue weighted by Crippen LogP contribution is 2.27. The Morgan fingerprint density at radius 1 is 1.36 bits per heavy atom. The SMILES string of the molecule is COC(=O)c1ccc(CN2CC(N)Cc3ccccc32)nc1. The van der Waals surface area contributed by atoms with Crippen molar-refractivity contribution in [2.45, 2.75) is 19.0 Å². The van der Waals surface area contributed by atoms with Crippen LogP contribution in [0.5, 0.6) is 0 Å². The molecule has 0 saturated heterocycles. The van der Waals surface area contributed by atoms with Crippen LogP contribution in [0, 0.1) is 0 Å². The van der Waals surface area contributed by atoms with Gasteiger partial charge in [0.05, 0.1) is 24.9 Å². The first kappa shape index (κ1) is 14.5. The molecular weight excluding hydrogens is 278 g/mol. The zero-order valence-electron chi connectivity index (χ0n) is 12.5. The lowest BCUT2D eigenvalue weighted by Crippen LogP contribution is -2.43. The van der Waals surface area contributed by atoms with Gasteiger partial charge in [-0.25, -0.2) is 4.79 Å². The van der Waals surface area contributed by atoms with Crippen LogP contribution in [0.15, 0.2) is 42.6 Å². The highest BCUT2D eigenvalue weighted by atomic mass is 16.5. The first-order chi connectivity index (χ1) is 10.7. The van der Waals surface area contributed by atoms with Crippen molar-refractivity contribution in [3.63, 3.8) is 0 Å². The molecule has 2 N–H and O–H groups in total. The maximum atomic E-state index is 11.4. The van der Waals surface area contributed by atoms with Gasteiger partial charge in [-0.05, 0) is 30.2 Å². The molecule has 5 nitrogen and oxygen atoms in total. The minimum absolute atomic E-state index is 0.129. The van der Waals surface area contributed by atoms with Crippen LogP contribution in [-0.2, 0) is 17.7 Å². The summed E-state index contributed by atoms with van der Waals surface area (Å²) in [7, 11) is 1.36. The van der Waals surface area contributed by atoms with Crippen LogP contribution < -0.4 is 10.6 Å². The fraction of sp³-hybridized carbons (Fsp3) is 0.294. The number of methoxy groups -OCH3 is 1. The van der Waals surface area contributed by atoms with Crippen molar-refractivity contribution in [2.24, 2.45) is 5.73 Å². The number of para-hydroxylation sites is 1. The molecule has 0 fully saturated rings. The Morgan fingerprint density at radius 2 is 2.18 bits per heavy atom. The lowest BCUT2D eigenvalue weighted by Gasteiger charge is -2.34. The summed E-state index contributed by atoms with van der Waals surface area (Å²) in [5.74, 6) is -0.371. The molecule has 114 valence electrons. The lowest BCUT2D eigenvalue weighted by molar-refractivity contribution is 0.0600. The van der Waals surface area contributed by atoms with Crippen molar-refractivity contribution >= 4 is 11.7 Å². The van der Waals surface area contributed by atoms with Gasteiger partial charge in [0.15, 0.2) is 0 Å². The van der Waals surface area contributed by atoms with Crippen molar-refractivity contribution in [3.8, 4) is 0 Å². The van der Waals surface area contributed by atoms with E-state index in [4.69, 9.17) is 5.73 Å². The molecule has 0 amide bonds. The van der Waals surface area contributed by atoms with E-state index < -0.39 is 0 Å². The second-order valence-electron chi connectivity index (χ2n) is 5.50. The number of esters is 1. The van der Waals surface area contributed by atoms with Gasteiger partial charge < -0.3 is 15.4 Å². The van der Waals surface area contributed by atoms with Crippen LogP contribution in [0.2, 0.25) is 0 Å². The van der Waals surface area contributed by atoms with Gasteiger partial charge in [-0.3, -0.25) is 4.98 Å². The van der Waals surface area contributed by atoms with Gasteiger partial charge in [-0.2, -0.15) is 0 Å².